The van der Waals surface area contributed by atoms with Gasteiger partial charge in [-0.1, -0.05) is 37.3 Å². The first-order valence-electron chi connectivity index (χ1n) is 14.2. The van der Waals surface area contributed by atoms with E-state index in [0.717, 1.165) is 35.4 Å². The van der Waals surface area contributed by atoms with Crippen LogP contribution >= 0.6 is 0 Å². The summed E-state index contributed by atoms with van der Waals surface area (Å²) < 4.78 is 6.10. The summed E-state index contributed by atoms with van der Waals surface area (Å²) in [5.74, 6) is 2.31. The number of nitriles is 2. The van der Waals surface area contributed by atoms with Crippen molar-refractivity contribution in [2.45, 2.75) is 47.1 Å². The number of H-pyrrole nitrogens is 1. The van der Waals surface area contributed by atoms with E-state index >= 15 is 0 Å². The molecule has 0 spiro atoms. The van der Waals surface area contributed by atoms with Crippen LogP contribution in [0.3, 0.4) is 0 Å². The Labute approximate surface area is 314 Å². The summed E-state index contributed by atoms with van der Waals surface area (Å²) in [4.78, 5) is 71.8. The number of nitrogens with one attached hydrogen (secondary N) is 2. The number of para-hydroxylation sites is 2. The van der Waals surface area contributed by atoms with E-state index in [9.17, 15) is 29.1 Å². The second kappa shape index (κ2) is 29.2. The Kier molecular flexibility index (Phi) is 28.4. The van der Waals surface area contributed by atoms with Gasteiger partial charge in [-0.3, -0.25) is 15.4 Å². The van der Waals surface area contributed by atoms with Gasteiger partial charge in [0, 0.05) is 26.0 Å². The number of hydrogen-bond donors (Lipinski definition) is 4. The third-order valence-electron chi connectivity index (χ3n) is 5.36. The summed E-state index contributed by atoms with van der Waals surface area (Å²) in [5.41, 5.74) is 5.40. The molecule has 2 aromatic heterocycles. The molecular formula is C33H36N7NaO10. The quantitative estimate of drug-likeness (QED) is 0.0441. The molecule has 1 atom stereocenters. The Balaban J connectivity index is -0.000000588. The number of carboxylic acid groups (broad SMARTS) is 1. The van der Waals surface area contributed by atoms with Crippen LogP contribution in [0.5, 0.6) is 0 Å². The minimum atomic E-state index is -1.37. The number of hydrazine groups is 1. The molecule has 0 bridgehead atoms. The van der Waals surface area contributed by atoms with E-state index in [-0.39, 0.29) is 53.4 Å². The largest absolute Gasteiger partial charge is 1.00 e. The molecule has 0 fully saturated rings. The Morgan fingerprint density at radius 2 is 1.65 bits per heavy atom. The molecule has 18 heteroatoms. The predicted octanol–water partition coefficient (Wildman–Crippen LogP) is -1.12. The Bertz CT molecular complexity index is 1920. The average molecular weight is 714 g/mol. The first-order valence-corrected chi connectivity index (χ1v) is 14.2. The minimum Gasteiger partial charge on any atom is -0.843 e. The number of nitrogen functional groups attached to an aromatic ring is 1. The summed E-state index contributed by atoms with van der Waals surface area (Å²) in [5, 5.41) is 39.3. The van der Waals surface area contributed by atoms with E-state index < -0.39 is 29.6 Å². The summed E-state index contributed by atoms with van der Waals surface area (Å²) in [7, 11) is 0. The zero-order valence-corrected chi connectivity index (χ0v) is 30.8. The van der Waals surface area contributed by atoms with Crippen molar-refractivity contribution < 1.29 is 73.3 Å². The number of Topliss-reactive ketones (excluding diaryl/α,β-unsaturated/α-hetero) is 2. The van der Waals surface area contributed by atoms with Gasteiger partial charge in [0.05, 0.1) is 46.6 Å². The Morgan fingerprint density at radius 1 is 1.10 bits per heavy atom. The van der Waals surface area contributed by atoms with E-state index in [2.05, 4.69) is 20.2 Å². The molecule has 2 aromatic carbocycles. The fourth-order valence-electron chi connectivity index (χ4n) is 3.20. The van der Waals surface area contributed by atoms with Gasteiger partial charge in [-0.05, 0) is 50.6 Å². The maximum absolute atomic E-state index is 11.8. The number of anilines is 1. The van der Waals surface area contributed by atoms with Crippen LogP contribution < -0.4 is 51.5 Å². The number of carbonyl (C=O) groups excluding carboxylic acids is 5. The summed E-state index contributed by atoms with van der Waals surface area (Å²) in [6.07, 6.45) is 1.78. The molecule has 4 aromatic rings. The number of carbonyl (C=O) groups is 4. The normalized spacial score (nSPS) is 9.43. The number of rotatable bonds is 7. The molecular weight excluding hydrogens is 677 g/mol. The number of allylic oxidation sites excluding steroid dienone is 1. The van der Waals surface area contributed by atoms with Crippen molar-refractivity contribution in [1.82, 2.24) is 14.6 Å². The van der Waals surface area contributed by atoms with Crippen LogP contribution in [0.15, 0.2) is 71.5 Å². The first kappa shape index (κ1) is 49.6. The molecule has 0 aliphatic carbocycles. The molecule has 0 amide bonds. The zero-order chi connectivity index (χ0) is 38.6. The summed E-state index contributed by atoms with van der Waals surface area (Å²) >= 11 is 0. The van der Waals surface area contributed by atoms with Crippen LogP contribution in [0, 0.1) is 22.7 Å². The molecule has 264 valence electrons. The van der Waals surface area contributed by atoms with Gasteiger partial charge in [0.25, 0.3) is 5.56 Å². The molecule has 0 saturated heterocycles. The van der Waals surface area contributed by atoms with Crippen LogP contribution in [0.1, 0.15) is 50.7 Å². The number of aromatic nitrogens is 3. The van der Waals surface area contributed by atoms with Gasteiger partial charge in [0.15, 0.2) is 0 Å². The molecule has 0 radical (unpaired) electrons. The monoisotopic (exact) mass is 713 g/mol. The summed E-state index contributed by atoms with van der Waals surface area (Å²) in [6, 6.07) is 19.2. The molecule has 0 aliphatic heterocycles. The van der Waals surface area contributed by atoms with Gasteiger partial charge >= 0.3 is 47.6 Å². The standard InChI is InChI=1S/C12H11N3O.C7H8N2O2.C6H6NO2.C5H8O3.C2H3N.CO2.Na/c1-2-8-7-11-13-12(16)9-5-3-4-6-10(9)15(11)14-8;8-9-6-4-2-1-3-5(6)7(10)11;1-5(8)6(9)3-2-4-7;1-3-8-5(7)4(2)6;1-2-3;2-1-3;/h3-7H,2H2,1H3,(H,13,16);1-4,9H,8H2,(H,10,11);2-3,6H,1H3;3H2,1-2H3;1H3;;/q;;-1;;;;+1/b;;3-2+;;;;. The van der Waals surface area contributed by atoms with Crippen molar-refractivity contribution in [1.29, 1.82) is 10.5 Å². The third-order valence-corrected chi connectivity index (χ3v) is 5.36. The van der Waals surface area contributed by atoms with Crippen LogP contribution in [-0.4, -0.2) is 62.1 Å². The topological polar surface area (TPSA) is 291 Å². The summed E-state index contributed by atoms with van der Waals surface area (Å²) in [6.45, 7) is 7.76. The minimum absolute atomic E-state index is 0. The van der Waals surface area contributed by atoms with Gasteiger partial charge in [0.2, 0.25) is 5.78 Å². The van der Waals surface area contributed by atoms with Gasteiger partial charge in [-0.15, -0.1) is 0 Å². The third kappa shape index (κ3) is 19.7. The number of nitrogens with zero attached hydrogens (tertiary/aromatic N) is 4. The van der Waals surface area contributed by atoms with Crippen molar-refractivity contribution in [2.24, 2.45) is 5.84 Å². The van der Waals surface area contributed by atoms with Crippen molar-refractivity contribution in [2.75, 3.05) is 12.0 Å². The number of benzene rings is 2. The van der Waals surface area contributed by atoms with Crippen molar-refractivity contribution >= 4 is 51.9 Å². The molecule has 2 heterocycles. The van der Waals surface area contributed by atoms with E-state index in [4.69, 9.17) is 31.1 Å². The van der Waals surface area contributed by atoms with Crippen LogP contribution in [0.4, 0.5) is 5.69 Å². The maximum atomic E-state index is 11.8. The molecule has 1 unspecified atom stereocenters. The maximum Gasteiger partial charge on any atom is 1.00 e. The van der Waals surface area contributed by atoms with Gasteiger partial charge in [-0.2, -0.15) is 25.2 Å². The van der Waals surface area contributed by atoms with Gasteiger partial charge in [-0.25, -0.2) is 14.1 Å². The number of aromatic carboxylic acids is 1. The number of ketones is 2. The average Bonchev–Trinajstić information content (AvgIpc) is 3.52. The second-order valence-corrected chi connectivity index (χ2v) is 8.86. The molecule has 51 heavy (non-hydrogen) atoms. The first-order chi connectivity index (χ1) is 23.7. The van der Waals surface area contributed by atoms with E-state index in [1.807, 2.05) is 31.2 Å². The number of carboxylic acids is 1. The Morgan fingerprint density at radius 3 is 2.08 bits per heavy atom. The second-order valence-electron chi connectivity index (χ2n) is 8.86. The van der Waals surface area contributed by atoms with Crippen LogP contribution in [0.2, 0.25) is 0 Å². The Hall–Kier alpha value is -5.78. The van der Waals surface area contributed by atoms with Gasteiger partial charge < -0.3 is 30.2 Å². The van der Waals surface area contributed by atoms with E-state index in [1.165, 1.54) is 26.8 Å². The zero-order valence-electron chi connectivity index (χ0n) is 28.8. The fraction of sp³-hybridized carbons (Fsp3) is 0.242. The molecule has 0 saturated carbocycles. The van der Waals surface area contributed by atoms with Crippen molar-refractivity contribution in [3.8, 4) is 12.1 Å². The SMILES string of the molecule is CC#N.CC(=O)C([O-])/C=C/C#N.CCOC(=O)C(C)=O.CCc1cc2[nH]c(=O)c3ccccc3n2n1.NNc1ccccc1C(=O)O.O=C=O.[Na+]. The van der Waals surface area contributed by atoms with Crippen molar-refractivity contribution in [3.63, 3.8) is 0 Å². The van der Waals surface area contributed by atoms with E-state index in [0.29, 0.717) is 11.1 Å². The number of hydrogen-bond acceptors (Lipinski definition) is 14. The number of aromatic amines is 1. The number of esters is 1. The van der Waals surface area contributed by atoms with Gasteiger partial charge in [0.1, 0.15) is 11.4 Å². The van der Waals surface area contributed by atoms with Crippen LogP contribution in [0.25, 0.3) is 16.6 Å². The number of fused-ring (bicyclic) bond motifs is 3. The number of aryl methyl sites for hydroxylation is 1. The molecule has 17 nitrogen and oxygen atoms in total. The number of nitrogens with two attached hydrogens (primary N) is 1. The molecule has 5 N–H and O–H groups in total. The smallest absolute Gasteiger partial charge is 0.843 e. The van der Waals surface area contributed by atoms with Crippen LogP contribution in [-0.2, 0) is 35.1 Å². The predicted molar refractivity (Wildman–Crippen MR) is 177 cm³/mol. The molecule has 0 aliphatic rings. The fourth-order valence-corrected chi connectivity index (χ4v) is 3.20. The molecule has 4 rings (SSSR count). The van der Waals surface area contributed by atoms with E-state index in [1.54, 1.807) is 47.8 Å². The number of ether oxygens (including phenoxy) is 1. The van der Waals surface area contributed by atoms with Crippen molar-refractivity contribution in [3.05, 3.63) is 88.4 Å².